The minimum Gasteiger partial charge on any atom is -0.465 e. The number of allylic oxidation sites excluding steroid dienone is 1. The summed E-state index contributed by atoms with van der Waals surface area (Å²) in [5.41, 5.74) is 1.48. The number of fused-ring (bicyclic) bond motifs is 3. The number of amides is 2. The van der Waals surface area contributed by atoms with Gasteiger partial charge in [-0.1, -0.05) is 85.0 Å². The lowest BCUT2D eigenvalue weighted by molar-refractivity contribution is -0.153. The molecule has 3 aromatic carbocycles. The first-order chi connectivity index (χ1) is 21.0. The average Bonchev–Trinajstić information content (AvgIpc) is 3.42. The number of aliphatic hydroxyl groups is 1. The number of anilines is 1. The summed E-state index contributed by atoms with van der Waals surface area (Å²) in [5, 5.41) is 12.5. The summed E-state index contributed by atoms with van der Waals surface area (Å²) in [6.07, 6.45) is 10.7. The molecule has 8 heteroatoms. The van der Waals surface area contributed by atoms with Crippen LogP contribution in [0.1, 0.15) is 30.9 Å². The predicted molar refractivity (Wildman–Crippen MR) is 167 cm³/mol. The molecule has 0 radical (unpaired) electrons. The van der Waals surface area contributed by atoms with Crippen LogP contribution in [-0.4, -0.2) is 63.6 Å². The Kier molecular flexibility index (Phi) is 7.35. The molecule has 2 fully saturated rings. The zero-order valence-electron chi connectivity index (χ0n) is 23.7. The Morgan fingerprint density at radius 2 is 1.72 bits per heavy atom. The van der Waals surface area contributed by atoms with E-state index in [-0.39, 0.29) is 23.7 Å². The van der Waals surface area contributed by atoms with Gasteiger partial charge in [-0.05, 0) is 47.7 Å². The van der Waals surface area contributed by atoms with Crippen molar-refractivity contribution in [3.05, 3.63) is 103 Å². The number of nitrogens with zero attached hydrogens (tertiary/aromatic N) is 2. The van der Waals surface area contributed by atoms with Crippen molar-refractivity contribution in [2.75, 3.05) is 24.7 Å². The Bertz CT molecular complexity index is 1620. The van der Waals surface area contributed by atoms with Gasteiger partial charge in [0.1, 0.15) is 6.04 Å². The molecular weight excluding hydrogens is 560 g/mol. The molecule has 4 aliphatic heterocycles. The van der Waals surface area contributed by atoms with Crippen LogP contribution in [0.25, 0.3) is 10.8 Å². The lowest BCUT2D eigenvalue weighted by Crippen LogP contribution is -2.54. The molecule has 4 heterocycles. The van der Waals surface area contributed by atoms with E-state index >= 15 is 0 Å². The van der Waals surface area contributed by atoms with Gasteiger partial charge < -0.3 is 19.6 Å². The molecule has 43 heavy (non-hydrogen) atoms. The van der Waals surface area contributed by atoms with Gasteiger partial charge in [0.2, 0.25) is 5.91 Å². The minimum atomic E-state index is -1.01. The number of likely N-dealkylation sites (tertiary alicyclic amines) is 1. The molecule has 2 amide bonds. The molecule has 220 valence electrons. The number of thioether (sulfide) groups is 1. The Morgan fingerprint density at radius 1 is 0.930 bits per heavy atom. The van der Waals surface area contributed by atoms with Crippen LogP contribution >= 0.6 is 11.8 Å². The largest absolute Gasteiger partial charge is 0.465 e. The number of cyclic esters (lactones) is 1. The van der Waals surface area contributed by atoms with Crippen molar-refractivity contribution in [2.24, 2.45) is 11.8 Å². The van der Waals surface area contributed by atoms with Crippen molar-refractivity contribution in [1.29, 1.82) is 0 Å². The van der Waals surface area contributed by atoms with Gasteiger partial charge in [-0.15, -0.1) is 11.8 Å². The summed E-state index contributed by atoms with van der Waals surface area (Å²) in [7, 11) is 0. The molecule has 0 aliphatic carbocycles. The fourth-order valence-corrected chi connectivity index (χ4v) is 9.29. The highest BCUT2D eigenvalue weighted by atomic mass is 32.2. The Morgan fingerprint density at radius 3 is 2.53 bits per heavy atom. The minimum absolute atomic E-state index is 0.223. The second kappa shape index (κ2) is 11.3. The summed E-state index contributed by atoms with van der Waals surface area (Å²) in [5.74, 6) is -2.46. The maximum Gasteiger partial charge on any atom is 0.311 e. The van der Waals surface area contributed by atoms with Gasteiger partial charge in [-0.25, -0.2) is 0 Å². The van der Waals surface area contributed by atoms with Gasteiger partial charge in [0.25, 0.3) is 5.91 Å². The van der Waals surface area contributed by atoms with Crippen LogP contribution in [0.15, 0.2) is 97.1 Å². The summed E-state index contributed by atoms with van der Waals surface area (Å²) in [6.45, 7) is 0.288. The Balaban J connectivity index is 1.38. The number of rotatable bonds is 4. The van der Waals surface area contributed by atoms with E-state index in [1.165, 1.54) is 11.8 Å². The SMILES string of the molecule is O=C1OCCCC/C=C\[C@@H]2S[C@]34C=CCN(c5ccc6ccccc6c5)C(=O)C3N([C@H](CO)c3ccccc3)C(=O)[C@@H]4[C@H]12. The highest BCUT2D eigenvalue weighted by Crippen LogP contribution is 2.62. The molecule has 7 rings (SSSR count). The van der Waals surface area contributed by atoms with E-state index in [1.807, 2.05) is 91.0 Å². The van der Waals surface area contributed by atoms with E-state index in [9.17, 15) is 19.5 Å². The molecule has 0 saturated carbocycles. The van der Waals surface area contributed by atoms with E-state index in [2.05, 4.69) is 6.08 Å². The monoisotopic (exact) mass is 594 g/mol. The number of hydrogen-bond donors (Lipinski definition) is 1. The lowest BCUT2D eigenvalue weighted by Gasteiger charge is -2.38. The number of carbonyl (C=O) groups is 3. The van der Waals surface area contributed by atoms with E-state index < -0.39 is 34.6 Å². The summed E-state index contributed by atoms with van der Waals surface area (Å²) < 4.78 is 4.73. The third kappa shape index (κ3) is 4.59. The second-order valence-electron chi connectivity index (χ2n) is 11.7. The van der Waals surface area contributed by atoms with Crippen LogP contribution < -0.4 is 4.90 Å². The number of carbonyl (C=O) groups excluding carboxylic acids is 3. The number of hydrogen-bond acceptors (Lipinski definition) is 6. The van der Waals surface area contributed by atoms with Crippen LogP contribution in [0.5, 0.6) is 0 Å². The van der Waals surface area contributed by atoms with E-state index in [0.29, 0.717) is 13.2 Å². The van der Waals surface area contributed by atoms with Crippen LogP contribution in [0.4, 0.5) is 5.69 Å². The van der Waals surface area contributed by atoms with Gasteiger partial charge in [-0.3, -0.25) is 14.4 Å². The van der Waals surface area contributed by atoms with Crippen LogP contribution in [-0.2, 0) is 19.1 Å². The third-order valence-electron chi connectivity index (χ3n) is 9.28. The summed E-state index contributed by atoms with van der Waals surface area (Å²) in [4.78, 5) is 46.6. The van der Waals surface area contributed by atoms with Crippen molar-refractivity contribution in [3.8, 4) is 0 Å². The number of benzene rings is 3. The molecule has 0 bridgehead atoms. The molecule has 7 nitrogen and oxygen atoms in total. The molecule has 2 saturated heterocycles. The fraction of sp³-hybridized carbons (Fsp3) is 0.343. The molecule has 1 unspecified atom stereocenters. The lowest BCUT2D eigenvalue weighted by atomic mass is 9.78. The van der Waals surface area contributed by atoms with Crippen molar-refractivity contribution < 1.29 is 24.2 Å². The smallest absolute Gasteiger partial charge is 0.311 e. The van der Waals surface area contributed by atoms with Crippen LogP contribution in [0, 0.1) is 11.8 Å². The maximum absolute atomic E-state index is 14.9. The van der Waals surface area contributed by atoms with E-state index in [4.69, 9.17) is 4.74 Å². The van der Waals surface area contributed by atoms with Crippen molar-refractivity contribution >= 4 is 46.0 Å². The quantitative estimate of drug-likeness (QED) is 0.336. The van der Waals surface area contributed by atoms with Gasteiger partial charge in [-0.2, -0.15) is 0 Å². The van der Waals surface area contributed by atoms with Gasteiger partial charge in [0, 0.05) is 17.5 Å². The average molecular weight is 595 g/mol. The van der Waals surface area contributed by atoms with E-state index in [1.54, 1.807) is 9.80 Å². The molecule has 0 aromatic heterocycles. The molecule has 1 spiro atoms. The van der Waals surface area contributed by atoms with Gasteiger partial charge in [0.15, 0.2) is 0 Å². The van der Waals surface area contributed by atoms with Crippen LogP contribution in [0.2, 0.25) is 0 Å². The zero-order chi connectivity index (χ0) is 29.6. The highest BCUT2D eigenvalue weighted by Gasteiger charge is 2.71. The van der Waals surface area contributed by atoms with Crippen molar-refractivity contribution in [3.63, 3.8) is 0 Å². The molecule has 1 N–H and O–H groups in total. The summed E-state index contributed by atoms with van der Waals surface area (Å²) in [6, 6.07) is 21.6. The van der Waals surface area contributed by atoms with Gasteiger partial charge in [0.05, 0.1) is 35.8 Å². The fourth-order valence-electron chi connectivity index (χ4n) is 7.30. The second-order valence-corrected chi connectivity index (χ2v) is 13.2. The summed E-state index contributed by atoms with van der Waals surface area (Å²) >= 11 is 1.52. The Labute approximate surface area is 255 Å². The highest BCUT2D eigenvalue weighted by molar-refractivity contribution is 8.02. The first kappa shape index (κ1) is 27.9. The maximum atomic E-state index is 14.9. The van der Waals surface area contributed by atoms with E-state index in [0.717, 1.165) is 41.3 Å². The van der Waals surface area contributed by atoms with Crippen molar-refractivity contribution in [2.45, 2.75) is 41.3 Å². The molecule has 4 aliphatic rings. The normalized spacial score (nSPS) is 30.3. The van der Waals surface area contributed by atoms with Crippen molar-refractivity contribution in [1.82, 2.24) is 4.90 Å². The molecule has 3 aromatic rings. The zero-order valence-corrected chi connectivity index (χ0v) is 24.6. The topological polar surface area (TPSA) is 87.2 Å². The van der Waals surface area contributed by atoms with Gasteiger partial charge >= 0.3 is 5.97 Å². The number of esters is 1. The number of aliphatic hydroxyl groups excluding tert-OH is 1. The standard InChI is InChI=1S/C35H34N2O5S/c38-22-27(24-12-4-3-5-13-24)37-31-33(40)36(26-17-16-23-11-7-8-14-25(23)21-26)19-10-18-35(31)30(32(37)39)29-28(43-35)15-6-1-2-9-20-42-34(29)41/h3-8,10-18,21,27-31,38H,1-2,9,19-20,22H2/b15-6-/t27-,28+,29-,30+,31?,35+/m1/s1. The Hall–Kier alpha value is -3.88. The third-order valence-corrected chi connectivity index (χ3v) is 11.0. The molecule has 6 atom stereocenters. The first-order valence-corrected chi connectivity index (χ1v) is 15.9. The predicted octanol–water partition coefficient (Wildman–Crippen LogP) is 5.06. The van der Waals surface area contributed by atoms with Crippen LogP contribution in [0.3, 0.4) is 0 Å². The first-order valence-electron chi connectivity index (χ1n) is 15.0. The molecular formula is C35H34N2O5S. The number of ether oxygens (including phenoxy) is 1.